The minimum Gasteiger partial charge on any atom is -0.462 e. The van der Waals surface area contributed by atoms with Gasteiger partial charge in [0, 0.05) is 43.6 Å². The predicted molar refractivity (Wildman–Crippen MR) is 127 cm³/mol. The summed E-state index contributed by atoms with van der Waals surface area (Å²) in [6.07, 6.45) is 1.54. The molecule has 0 saturated carbocycles. The molecule has 180 valence electrons. The summed E-state index contributed by atoms with van der Waals surface area (Å²) < 4.78 is 21.3. The lowest BCUT2D eigenvalue weighted by molar-refractivity contribution is -0.160. The molecule has 1 saturated heterocycles. The van der Waals surface area contributed by atoms with Crippen LogP contribution in [0.3, 0.4) is 0 Å². The summed E-state index contributed by atoms with van der Waals surface area (Å²) in [5.41, 5.74) is 2.59. The second-order valence-electron chi connectivity index (χ2n) is 9.55. The quantitative estimate of drug-likeness (QED) is 0.530. The zero-order chi connectivity index (χ0) is 24.5. The minimum absolute atomic E-state index is 0.0291. The molecule has 0 aliphatic carbocycles. The van der Waals surface area contributed by atoms with Crippen molar-refractivity contribution >= 4 is 11.9 Å². The molecule has 0 amide bonds. The number of imidazole rings is 1. The molecule has 1 aliphatic heterocycles. The van der Waals surface area contributed by atoms with E-state index in [9.17, 15) is 14.3 Å². The molecule has 1 aliphatic rings. The SMILES string of the molecule is CNc1nccc(-c2nc(C(C)(C)C)n(CCC3CC(O)CC(=O)O3)c2-c2ccc(F)cc2)n1. The van der Waals surface area contributed by atoms with Gasteiger partial charge in [-0.05, 0) is 30.3 Å². The molecule has 9 heteroatoms. The highest BCUT2D eigenvalue weighted by atomic mass is 19.1. The Labute approximate surface area is 198 Å². The summed E-state index contributed by atoms with van der Waals surface area (Å²) in [5, 5.41) is 13.0. The number of aromatic nitrogens is 4. The first-order valence-corrected chi connectivity index (χ1v) is 11.4. The van der Waals surface area contributed by atoms with Gasteiger partial charge >= 0.3 is 5.97 Å². The number of carbonyl (C=O) groups excluding carboxylic acids is 1. The summed E-state index contributed by atoms with van der Waals surface area (Å²) in [6.45, 7) is 6.73. The van der Waals surface area contributed by atoms with Crippen molar-refractivity contribution in [1.82, 2.24) is 19.5 Å². The molecular weight excluding hydrogens is 437 g/mol. The van der Waals surface area contributed by atoms with Crippen LogP contribution in [0.5, 0.6) is 0 Å². The Morgan fingerprint density at radius 3 is 2.59 bits per heavy atom. The van der Waals surface area contributed by atoms with Gasteiger partial charge in [-0.15, -0.1) is 0 Å². The van der Waals surface area contributed by atoms with Crippen LogP contribution < -0.4 is 5.32 Å². The van der Waals surface area contributed by atoms with Crippen LogP contribution in [-0.4, -0.2) is 49.9 Å². The highest BCUT2D eigenvalue weighted by Gasteiger charge is 2.31. The number of hydrogen-bond acceptors (Lipinski definition) is 7. The van der Waals surface area contributed by atoms with Crippen molar-refractivity contribution in [2.24, 2.45) is 0 Å². The standard InChI is InChI=1S/C25H30FN5O3/c1-25(2,3)23-30-21(19-9-11-28-24(27-4)29-19)22(15-5-7-16(26)8-6-15)31(23)12-10-18-13-17(32)14-20(33)34-18/h5-9,11,17-18,32H,10,12-14H2,1-4H3,(H,27,28,29). The Bertz CT molecular complexity index is 1170. The number of aliphatic hydroxyl groups excluding tert-OH is 1. The second-order valence-corrected chi connectivity index (χ2v) is 9.55. The number of aliphatic hydroxyl groups is 1. The van der Waals surface area contributed by atoms with E-state index in [1.165, 1.54) is 12.1 Å². The lowest BCUT2D eigenvalue weighted by Gasteiger charge is -2.27. The van der Waals surface area contributed by atoms with Gasteiger partial charge in [-0.1, -0.05) is 20.8 Å². The van der Waals surface area contributed by atoms with Crippen molar-refractivity contribution in [1.29, 1.82) is 0 Å². The molecule has 1 aromatic carbocycles. The van der Waals surface area contributed by atoms with Crippen LogP contribution in [-0.2, 0) is 21.5 Å². The molecule has 8 nitrogen and oxygen atoms in total. The van der Waals surface area contributed by atoms with Crippen molar-refractivity contribution < 1.29 is 19.0 Å². The van der Waals surface area contributed by atoms with Crippen LogP contribution >= 0.6 is 0 Å². The van der Waals surface area contributed by atoms with Crippen molar-refractivity contribution in [3.05, 3.63) is 48.2 Å². The zero-order valence-electron chi connectivity index (χ0n) is 19.9. The van der Waals surface area contributed by atoms with E-state index >= 15 is 0 Å². The summed E-state index contributed by atoms with van der Waals surface area (Å²) in [6, 6.07) is 8.09. The Hall–Kier alpha value is -3.33. The molecule has 2 N–H and O–H groups in total. The fraction of sp³-hybridized carbons (Fsp3) is 0.440. The Morgan fingerprint density at radius 2 is 1.94 bits per heavy atom. The lowest BCUT2D eigenvalue weighted by Crippen LogP contribution is -2.33. The third-order valence-electron chi connectivity index (χ3n) is 5.79. The van der Waals surface area contributed by atoms with Crippen LogP contribution in [0.15, 0.2) is 36.5 Å². The van der Waals surface area contributed by atoms with E-state index in [-0.39, 0.29) is 29.7 Å². The largest absolute Gasteiger partial charge is 0.462 e. The molecule has 0 radical (unpaired) electrons. The highest BCUT2D eigenvalue weighted by molar-refractivity contribution is 5.78. The smallest absolute Gasteiger partial charge is 0.308 e. The van der Waals surface area contributed by atoms with Gasteiger partial charge < -0.3 is 19.7 Å². The number of nitrogens with zero attached hydrogens (tertiary/aromatic N) is 4. The number of halogens is 1. The molecule has 3 heterocycles. The number of benzene rings is 1. The maximum Gasteiger partial charge on any atom is 0.308 e. The third kappa shape index (κ3) is 5.09. The summed E-state index contributed by atoms with van der Waals surface area (Å²) in [7, 11) is 1.75. The number of nitrogens with one attached hydrogen (secondary N) is 1. The molecule has 4 rings (SSSR count). The monoisotopic (exact) mass is 467 g/mol. The summed E-state index contributed by atoms with van der Waals surface area (Å²) in [4.78, 5) is 25.7. The van der Waals surface area contributed by atoms with E-state index in [4.69, 9.17) is 9.72 Å². The van der Waals surface area contributed by atoms with E-state index in [0.717, 1.165) is 17.1 Å². The fourth-order valence-corrected chi connectivity index (χ4v) is 4.24. The van der Waals surface area contributed by atoms with E-state index in [1.54, 1.807) is 31.4 Å². The van der Waals surface area contributed by atoms with Gasteiger partial charge in [0.05, 0.1) is 23.9 Å². The topological polar surface area (TPSA) is 102 Å². The molecule has 34 heavy (non-hydrogen) atoms. The highest BCUT2D eigenvalue weighted by Crippen LogP contribution is 2.37. The van der Waals surface area contributed by atoms with Crippen LogP contribution in [0.1, 0.15) is 45.9 Å². The van der Waals surface area contributed by atoms with Crippen molar-refractivity contribution in [2.75, 3.05) is 12.4 Å². The van der Waals surface area contributed by atoms with Crippen LogP contribution in [0.25, 0.3) is 22.6 Å². The van der Waals surface area contributed by atoms with E-state index < -0.39 is 6.10 Å². The Kier molecular flexibility index (Phi) is 6.65. The molecule has 2 aromatic heterocycles. The van der Waals surface area contributed by atoms with E-state index in [1.807, 2.05) is 0 Å². The number of cyclic esters (lactones) is 1. The first kappa shape index (κ1) is 23.8. The van der Waals surface area contributed by atoms with Gasteiger partial charge in [0.2, 0.25) is 5.95 Å². The van der Waals surface area contributed by atoms with E-state index in [0.29, 0.717) is 36.7 Å². The predicted octanol–water partition coefficient (Wildman–Crippen LogP) is 3.94. The first-order valence-electron chi connectivity index (χ1n) is 11.4. The number of rotatable bonds is 6. The molecule has 0 bridgehead atoms. The van der Waals surface area contributed by atoms with Crippen molar-refractivity contribution in [3.63, 3.8) is 0 Å². The van der Waals surface area contributed by atoms with Gasteiger partial charge in [-0.2, -0.15) is 0 Å². The number of esters is 1. The number of anilines is 1. The third-order valence-corrected chi connectivity index (χ3v) is 5.79. The maximum atomic E-state index is 13.8. The number of hydrogen-bond donors (Lipinski definition) is 2. The fourth-order valence-electron chi connectivity index (χ4n) is 4.24. The molecule has 2 unspecified atom stereocenters. The maximum absolute atomic E-state index is 13.8. The van der Waals surface area contributed by atoms with Gasteiger partial charge in [0.1, 0.15) is 23.4 Å². The van der Waals surface area contributed by atoms with Gasteiger partial charge in [0.25, 0.3) is 0 Å². The summed E-state index contributed by atoms with van der Waals surface area (Å²) >= 11 is 0. The van der Waals surface area contributed by atoms with Gasteiger partial charge in [-0.3, -0.25) is 4.79 Å². The normalized spacial score (nSPS) is 18.6. The van der Waals surface area contributed by atoms with E-state index in [2.05, 4.69) is 40.6 Å². The second kappa shape index (κ2) is 9.50. The Morgan fingerprint density at radius 1 is 1.21 bits per heavy atom. The van der Waals surface area contributed by atoms with Crippen molar-refractivity contribution in [2.45, 2.75) is 64.2 Å². The molecule has 3 aromatic rings. The van der Waals surface area contributed by atoms with Crippen LogP contribution in [0.4, 0.5) is 10.3 Å². The van der Waals surface area contributed by atoms with Crippen LogP contribution in [0, 0.1) is 5.82 Å². The zero-order valence-corrected chi connectivity index (χ0v) is 19.9. The molecule has 0 spiro atoms. The average molecular weight is 468 g/mol. The van der Waals surface area contributed by atoms with Crippen LogP contribution in [0.2, 0.25) is 0 Å². The molecular formula is C25H30FN5O3. The average Bonchev–Trinajstić information content (AvgIpc) is 3.18. The lowest BCUT2D eigenvalue weighted by atomic mass is 9.95. The minimum atomic E-state index is -0.691. The summed E-state index contributed by atoms with van der Waals surface area (Å²) in [5.74, 6) is 0.590. The Balaban J connectivity index is 1.84. The number of ether oxygens (including phenoxy) is 1. The van der Waals surface area contributed by atoms with Gasteiger partial charge in [0.15, 0.2) is 0 Å². The first-order chi connectivity index (χ1) is 16.2. The number of carbonyl (C=O) groups is 1. The molecule has 2 atom stereocenters. The van der Waals surface area contributed by atoms with Gasteiger partial charge in [-0.25, -0.2) is 19.3 Å². The molecule has 1 fully saturated rings. The van der Waals surface area contributed by atoms with Crippen molar-refractivity contribution in [3.8, 4) is 22.6 Å².